The first-order valence-electron chi connectivity index (χ1n) is 4.07. The molecule has 1 aromatic heterocycles. The zero-order valence-corrected chi connectivity index (χ0v) is 9.67. The number of anilines is 1. The topological polar surface area (TPSA) is 76.1 Å². The predicted octanol–water partition coefficient (Wildman–Crippen LogP) is 0.683. The number of rotatable bonds is 2. The molecule has 0 aliphatic heterocycles. The van der Waals surface area contributed by atoms with E-state index in [9.17, 15) is 4.79 Å². The van der Waals surface area contributed by atoms with Crippen LogP contribution in [0.15, 0.2) is 0 Å². The SMILES string of the molecule is CCOC(=O)c1[se]c(N)c(C#N)c1C. The molecule has 0 radical (unpaired) electrons. The summed E-state index contributed by atoms with van der Waals surface area (Å²) in [5, 5.41) is 8.77. The van der Waals surface area contributed by atoms with Crippen LogP contribution in [0.2, 0.25) is 0 Å². The Morgan fingerprint density at radius 2 is 2.36 bits per heavy atom. The van der Waals surface area contributed by atoms with E-state index in [1.807, 2.05) is 6.07 Å². The van der Waals surface area contributed by atoms with Crippen LogP contribution in [0.5, 0.6) is 0 Å². The Balaban J connectivity index is 3.13. The van der Waals surface area contributed by atoms with Crippen LogP contribution in [0.1, 0.15) is 27.3 Å². The normalized spacial score (nSPS) is 9.50. The van der Waals surface area contributed by atoms with E-state index in [2.05, 4.69) is 0 Å². The van der Waals surface area contributed by atoms with Crippen molar-refractivity contribution in [2.24, 2.45) is 0 Å². The second kappa shape index (κ2) is 4.32. The van der Waals surface area contributed by atoms with Crippen LogP contribution in [0.25, 0.3) is 0 Å². The molecule has 0 atom stereocenters. The van der Waals surface area contributed by atoms with Gasteiger partial charge < -0.3 is 0 Å². The number of carbonyl (C=O) groups excluding carboxylic acids is 1. The molecule has 1 aromatic rings. The molecule has 0 aliphatic carbocycles. The zero-order valence-electron chi connectivity index (χ0n) is 7.96. The summed E-state index contributed by atoms with van der Waals surface area (Å²) < 4.78 is 5.94. The summed E-state index contributed by atoms with van der Waals surface area (Å²) in [6.07, 6.45) is 0. The Bertz CT molecular complexity index is 404. The fourth-order valence-corrected chi connectivity index (χ4v) is 2.99. The molecule has 0 fully saturated rings. The zero-order chi connectivity index (χ0) is 10.7. The maximum atomic E-state index is 11.4. The van der Waals surface area contributed by atoms with Gasteiger partial charge in [0.05, 0.1) is 0 Å². The maximum absolute atomic E-state index is 11.4. The van der Waals surface area contributed by atoms with Gasteiger partial charge in [0, 0.05) is 0 Å². The fraction of sp³-hybridized carbons (Fsp3) is 0.333. The number of ether oxygens (including phenoxy) is 1. The predicted molar refractivity (Wildman–Crippen MR) is 53.2 cm³/mol. The second-order valence-corrected chi connectivity index (χ2v) is 4.84. The van der Waals surface area contributed by atoms with Gasteiger partial charge in [-0.05, 0) is 0 Å². The van der Waals surface area contributed by atoms with Crippen molar-refractivity contribution >= 4 is 25.0 Å². The average Bonchev–Trinajstić information content (AvgIpc) is 2.42. The van der Waals surface area contributed by atoms with E-state index >= 15 is 0 Å². The van der Waals surface area contributed by atoms with Crippen molar-refractivity contribution in [1.29, 1.82) is 5.26 Å². The summed E-state index contributed by atoms with van der Waals surface area (Å²) in [6.45, 7) is 3.82. The van der Waals surface area contributed by atoms with Crippen LogP contribution in [0.3, 0.4) is 0 Å². The third kappa shape index (κ3) is 1.82. The number of esters is 1. The van der Waals surface area contributed by atoms with Crippen LogP contribution < -0.4 is 5.73 Å². The number of carbonyl (C=O) groups is 1. The first-order chi connectivity index (χ1) is 6.61. The van der Waals surface area contributed by atoms with Crippen LogP contribution in [0, 0.1) is 18.3 Å². The molecule has 0 aromatic carbocycles. The van der Waals surface area contributed by atoms with Crippen molar-refractivity contribution in [3.63, 3.8) is 0 Å². The average molecular weight is 257 g/mol. The number of nitrogens with two attached hydrogens (primary N) is 1. The summed E-state index contributed by atoms with van der Waals surface area (Å²) in [4.78, 5) is 11.4. The van der Waals surface area contributed by atoms with Crippen molar-refractivity contribution in [2.45, 2.75) is 13.8 Å². The van der Waals surface area contributed by atoms with Crippen LogP contribution in [0.4, 0.5) is 4.56 Å². The Kier molecular flexibility index (Phi) is 3.34. The monoisotopic (exact) mass is 258 g/mol. The summed E-state index contributed by atoms with van der Waals surface area (Å²) in [6, 6.07) is 2.00. The molecule has 0 saturated heterocycles. The van der Waals surface area contributed by atoms with Gasteiger partial charge in [-0.2, -0.15) is 0 Å². The first-order valence-corrected chi connectivity index (χ1v) is 5.79. The van der Waals surface area contributed by atoms with Crippen molar-refractivity contribution in [1.82, 2.24) is 0 Å². The van der Waals surface area contributed by atoms with Crippen molar-refractivity contribution < 1.29 is 9.53 Å². The number of nitrogen functional groups attached to an aromatic ring is 1. The molecule has 1 rings (SSSR count). The van der Waals surface area contributed by atoms with Crippen molar-refractivity contribution in [3.05, 3.63) is 15.6 Å². The van der Waals surface area contributed by atoms with Crippen molar-refractivity contribution in [3.8, 4) is 6.07 Å². The standard InChI is InChI=1S/C9H10N2O2Se/c1-3-13-9(12)7-5(2)6(4-10)8(11)14-7/h3,11H2,1-2H3. The van der Waals surface area contributed by atoms with Gasteiger partial charge >= 0.3 is 87.6 Å². The molecule has 0 amide bonds. The van der Waals surface area contributed by atoms with Gasteiger partial charge in [0.15, 0.2) is 0 Å². The number of hydrogen-bond acceptors (Lipinski definition) is 4. The Hall–Kier alpha value is -1.24. The fourth-order valence-electron chi connectivity index (χ4n) is 1.07. The Morgan fingerprint density at radius 3 is 2.79 bits per heavy atom. The van der Waals surface area contributed by atoms with E-state index in [4.69, 9.17) is 15.7 Å². The third-order valence-corrected chi connectivity index (χ3v) is 4.06. The summed E-state index contributed by atoms with van der Waals surface area (Å²) in [5.74, 6) is -0.349. The molecule has 0 spiro atoms. The molecular formula is C9H10N2O2Se. The van der Waals surface area contributed by atoms with Gasteiger partial charge in [0.25, 0.3) is 0 Å². The van der Waals surface area contributed by atoms with E-state index in [1.54, 1.807) is 13.8 Å². The molecule has 5 heteroatoms. The number of nitriles is 1. The molecule has 4 nitrogen and oxygen atoms in total. The van der Waals surface area contributed by atoms with Gasteiger partial charge in [-0.3, -0.25) is 0 Å². The van der Waals surface area contributed by atoms with Crippen LogP contribution in [-0.2, 0) is 4.74 Å². The minimum atomic E-state index is -0.349. The molecule has 74 valence electrons. The molecule has 0 aliphatic rings. The second-order valence-electron chi connectivity index (χ2n) is 2.63. The molecular weight excluding hydrogens is 247 g/mol. The van der Waals surface area contributed by atoms with E-state index in [0.717, 1.165) is 0 Å². The van der Waals surface area contributed by atoms with Crippen molar-refractivity contribution in [2.75, 3.05) is 12.3 Å². The number of hydrogen-bond donors (Lipinski definition) is 1. The van der Waals surface area contributed by atoms with E-state index < -0.39 is 0 Å². The van der Waals surface area contributed by atoms with Gasteiger partial charge in [-0.15, -0.1) is 0 Å². The van der Waals surface area contributed by atoms with Gasteiger partial charge in [0.2, 0.25) is 0 Å². The van der Waals surface area contributed by atoms with Gasteiger partial charge in [-0.1, -0.05) is 0 Å². The molecule has 0 bridgehead atoms. The molecule has 14 heavy (non-hydrogen) atoms. The van der Waals surface area contributed by atoms with E-state index in [-0.39, 0.29) is 20.5 Å². The van der Waals surface area contributed by atoms with E-state index in [1.165, 1.54) is 0 Å². The van der Waals surface area contributed by atoms with Crippen LogP contribution >= 0.6 is 0 Å². The third-order valence-electron chi connectivity index (χ3n) is 1.75. The molecule has 1 heterocycles. The Labute approximate surface area is 88.0 Å². The molecule has 0 saturated carbocycles. The van der Waals surface area contributed by atoms with Gasteiger partial charge in [-0.25, -0.2) is 0 Å². The first kappa shape index (κ1) is 10.8. The molecule has 2 N–H and O–H groups in total. The molecule has 0 unspecified atom stereocenters. The summed E-state index contributed by atoms with van der Waals surface area (Å²) >= 11 is -0.249. The quantitative estimate of drug-likeness (QED) is 0.624. The summed E-state index contributed by atoms with van der Waals surface area (Å²) in [7, 11) is 0. The summed E-state index contributed by atoms with van der Waals surface area (Å²) in [5.41, 5.74) is 6.75. The number of nitrogens with zero attached hydrogens (tertiary/aromatic N) is 1. The Morgan fingerprint density at radius 1 is 1.71 bits per heavy atom. The minimum absolute atomic E-state index is 0.249. The van der Waals surface area contributed by atoms with Crippen LogP contribution in [-0.4, -0.2) is 27.1 Å². The van der Waals surface area contributed by atoms with E-state index in [0.29, 0.717) is 26.7 Å². The van der Waals surface area contributed by atoms with Gasteiger partial charge in [0.1, 0.15) is 0 Å².